The van der Waals surface area contributed by atoms with Crippen molar-refractivity contribution in [3.8, 4) is 5.75 Å². The van der Waals surface area contributed by atoms with Crippen molar-refractivity contribution in [2.24, 2.45) is 0 Å². The molecule has 4 rings (SSSR count). The number of carbonyl (C=O) groups excluding carboxylic acids is 2. The molecule has 1 unspecified atom stereocenters. The van der Waals surface area contributed by atoms with Crippen molar-refractivity contribution in [2.75, 3.05) is 6.61 Å². The first-order valence-corrected chi connectivity index (χ1v) is 11.1. The van der Waals surface area contributed by atoms with Crippen molar-refractivity contribution >= 4 is 11.8 Å². The van der Waals surface area contributed by atoms with Crippen LogP contribution in [0.5, 0.6) is 5.75 Å². The van der Waals surface area contributed by atoms with Gasteiger partial charge in [0.25, 0.3) is 5.79 Å². The molecule has 3 aromatic rings. The number of unbranched alkanes of at least 4 members (excludes halogenated alkanes) is 2. The number of ether oxygens (including phenoxy) is 2. The summed E-state index contributed by atoms with van der Waals surface area (Å²) in [5.74, 6) is -2.30. The van der Waals surface area contributed by atoms with Gasteiger partial charge >= 0.3 is 5.97 Å². The summed E-state index contributed by atoms with van der Waals surface area (Å²) in [6.07, 6.45) is 4.06. The Morgan fingerprint density at radius 3 is 2.39 bits per heavy atom. The quantitative estimate of drug-likeness (QED) is 0.120. The third-order valence-corrected chi connectivity index (χ3v) is 5.78. The molecule has 0 aromatic heterocycles. The number of rotatable bonds is 9. The second-order valence-corrected chi connectivity index (χ2v) is 8.00. The van der Waals surface area contributed by atoms with Crippen LogP contribution in [0.4, 0.5) is 0 Å². The molecule has 3 aromatic carbocycles. The highest BCUT2D eigenvalue weighted by Gasteiger charge is 2.47. The molecule has 0 fully saturated rings. The maximum absolute atomic E-state index is 13.3. The van der Waals surface area contributed by atoms with Gasteiger partial charge in [-0.05, 0) is 36.6 Å². The number of esters is 1. The topological polar surface area (TPSA) is 82.1 Å². The molecule has 33 heavy (non-hydrogen) atoms. The van der Waals surface area contributed by atoms with Crippen LogP contribution in [0, 0.1) is 0 Å². The van der Waals surface area contributed by atoms with E-state index in [0.717, 1.165) is 31.2 Å². The highest BCUT2D eigenvalue weighted by molar-refractivity contribution is 6.13. The lowest BCUT2D eigenvalue weighted by molar-refractivity contribution is -0.394. The number of hydrogen-bond acceptors (Lipinski definition) is 6. The zero-order chi connectivity index (χ0) is 23.3. The van der Waals surface area contributed by atoms with E-state index in [1.807, 2.05) is 18.2 Å². The van der Waals surface area contributed by atoms with E-state index in [2.05, 4.69) is 6.92 Å². The molecule has 0 saturated heterocycles. The minimum atomic E-state index is -1.84. The largest absolute Gasteiger partial charge is 0.425 e. The van der Waals surface area contributed by atoms with E-state index in [1.54, 1.807) is 54.6 Å². The number of aryl methyl sites for hydroxylation is 1. The van der Waals surface area contributed by atoms with Gasteiger partial charge in [-0.1, -0.05) is 74.4 Å². The Morgan fingerprint density at radius 2 is 1.64 bits per heavy atom. The van der Waals surface area contributed by atoms with Gasteiger partial charge in [-0.2, -0.15) is 4.89 Å². The van der Waals surface area contributed by atoms with E-state index in [0.29, 0.717) is 28.0 Å². The van der Waals surface area contributed by atoms with Crippen molar-refractivity contribution in [3.05, 3.63) is 101 Å². The Labute approximate surface area is 192 Å². The van der Waals surface area contributed by atoms with Crippen LogP contribution in [0.2, 0.25) is 0 Å². The Hall–Kier alpha value is -3.32. The van der Waals surface area contributed by atoms with Crippen LogP contribution >= 0.6 is 0 Å². The van der Waals surface area contributed by atoms with Crippen molar-refractivity contribution in [2.45, 2.75) is 38.4 Å². The summed E-state index contributed by atoms with van der Waals surface area (Å²) in [5.41, 5.74) is 2.43. The first kappa shape index (κ1) is 22.9. The van der Waals surface area contributed by atoms with Gasteiger partial charge in [0.05, 0.1) is 0 Å². The molecule has 170 valence electrons. The number of fused-ring (bicyclic) bond motifs is 2. The van der Waals surface area contributed by atoms with Gasteiger partial charge < -0.3 is 9.47 Å². The number of para-hydroxylation sites is 1. The first-order valence-electron chi connectivity index (χ1n) is 11.1. The van der Waals surface area contributed by atoms with Crippen molar-refractivity contribution < 1.29 is 29.2 Å². The highest BCUT2D eigenvalue weighted by Crippen LogP contribution is 2.43. The third kappa shape index (κ3) is 4.59. The zero-order valence-electron chi connectivity index (χ0n) is 18.5. The average molecular weight is 446 g/mol. The smallest absolute Gasteiger partial charge is 0.337 e. The number of carbonyl (C=O) groups is 2. The monoisotopic (exact) mass is 446 g/mol. The summed E-state index contributed by atoms with van der Waals surface area (Å²) in [5, 5.41) is 10.1. The van der Waals surface area contributed by atoms with Crippen LogP contribution < -0.4 is 4.74 Å². The summed E-state index contributed by atoms with van der Waals surface area (Å²) >= 11 is 0. The first-order chi connectivity index (χ1) is 16.1. The normalized spacial score (nSPS) is 16.7. The van der Waals surface area contributed by atoms with Crippen molar-refractivity contribution in [3.63, 3.8) is 0 Å². The predicted octanol–water partition coefficient (Wildman–Crippen LogP) is 5.28. The summed E-state index contributed by atoms with van der Waals surface area (Å²) in [6.45, 7) is 1.63. The second kappa shape index (κ2) is 10.1. The van der Waals surface area contributed by atoms with Crippen LogP contribution in [0.3, 0.4) is 0 Å². The van der Waals surface area contributed by atoms with E-state index in [1.165, 1.54) is 0 Å². The van der Waals surface area contributed by atoms with Crippen LogP contribution in [0.15, 0.2) is 72.8 Å². The number of benzene rings is 3. The lowest BCUT2D eigenvalue weighted by atomic mass is 9.79. The summed E-state index contributed by atoms with van der Waals surface area (Å²) in [6, 6.07) is 20.8. The molecule has 0 radical (unpaired) electrons. The lowest BCUT2D eigenvalue weighted by Crippen LogP contribution is -2.41. The fraction of sp³-hybridized carbons (Fsp3) is 0.259. The Morgan fingerprint density at radius 1 is 0.909 bits per heavy atom. The van der Waals surface area contributed by atoms with Gasteiger partial charge in [-0.15, -0.1) is 0 Å². The fourth-order valence-electron chi connectivity index (χ4n) is 4.15. The molecule has 0 amide bonds. The molecule has 0 bridgehead atoms. The summed E-state index contributed by atoms with van der Waals surface area (Å²) in [7, 11) is 0. The number of ketones is 1. The molecule has 0 saturated carbocycles. The summed E-state index contributed by atoms with van der Waals surface area (Å²) < 4.78 is 11.2. The van der Waals surface area contributed by atoms with Gasteiger partial charge in [-0.3, -0.25) is 4.79 Å². The highest BCUT2D eigenvalue weighted by atomic mass is 17.1. The van der Waals surface area contributed by atoms with Crippen LogP contribution in [-0.4, -0.2) is 23.6 Å². The Kier molecular flexibility index (Phi) is 6.99. The molecule has 6 heteroatoms. The standard InChI is InChI=1S/C27H26O6/c1-2-3-5-10-19-15-16-24-22(17-19)26(29)21-13-8-9-14-23(21)27(24,33-30)31-18-25(28)32-20-11-6-4-7-12-20/h4,6-9,11-17,30H,2-3,5,10,18H2,1H3. The van der Waals surface area contributed by atoms with Gasteiger partial charge in [0.2, 0.25) is 0 Å². The van der Waals surface area contributed by atoms with E-state index in [4.69, 9.17) is 14.4 Å². The van der Waals surface area contributed by atoms with Crippen molar-refractivity contribution in [1.82, 2.24) is 0 Å². The van der Waals surface area contributed by atoms with E-state index in [9.17, 15) is 14.8 Å². The Bertz CT molecular complexity index is 1140. The molecule has 0 spiro atoms. The van der Waals surface area contributed by atoms with Crippen LogP contribution in [0.1, 0.15) is 58.8 Å². The molecule has 1 aliphatic carbocycles. The maximum Gasteiger partial charge on any atom is 0.337 e. The SMILES string of the molecule is CCCCCc1ccc2c(c1)C(=O)c1ccccc1C2(OO)OCC(=O)Oc1ccccc1. The van der Waals surface area contributed by atoms with E-state index >= 15 is 0 Å². The maximum atomic E-state index is 13.3. The molecule has 1 atom stereocenters. The number of hydrogen-bond donors (Lipinski definition) is 1. The molecular weight excluding hydrogens is 420 g/mol. The van der Waals surface area contributed by atoms with Crippen LogP contribution in [-0.2, 0) is 26.6 Å². The fourth-order valence-corrected chi connectivity index (χ4v) is 4.15. The third-order valence-electron chi connectivity index (χ3n) is 5.78. The van der Waals surface area contributed by atoms with Gasteiger partial charge in [0.15, 0.2) is 5.78 Å². The minimum Gasteiger partial charge on any atom is -0.425 e. The second-order valence-electron chi connectivity index (χ2n) is 8.00. The van der Waals surface area contributed by atoms with Gasteiger partial charge in [0.1, 0.15) is 12.4 Å². The zero-order valence-corrected chi connectivity index (χ0v) is 18.5. The van der Waals surface area contributed by atoms with Crippen molar-refractivity contribution in [1.29, 1.82) is 0 Å². The van der Waals surface area contributed by atoms with E-state index < -0.39 is 18.4 Å². The summed E-state index contributed by atoms with van der Waals surface area (Å²) in [4.78, 5) is 30.7. The molecule has 0 heterocycles. The predicted molar refractivity (Wildman–Crippen MR) is 122 cm³/mol. The molecular formula is C27H26O6. The van der Waals surface area contributed by atoms with E-state index in [-0.39, 0.29) is 5.78 Å². The van der Waals surface area contributed by atoms with Crippen LogP contribution in [0.25, 0.3) is 0 Å². The molecule has 1 aliphatic rings. The molecule has 0 aliphatic heterocycles. The van der Waals surface area contributed by atoms with Gasteiger partial charge in [0, 0.05) is 22.3 Å². The minimum absolute atomic E-state index is 0.180. The molecule has 1 N–H and O–H groups in total. The lowest BCUT2D eigenvalue weighted by Gasteiger charge is -2.36. The van der Waals surface area contributed by atoms with Gasteiger partial charge in [-0.25, -0.2) is 10.1 Å². The average Bonchev–Trinajstić information content (AvgIpc) is 2.85. The molecule has 6 nitrogen and oxygen atoms in total. The Balaban J connectivity index is 1.67.